The first-order chi connectivity index (χ1) is 16.7. The number of hydrogen-bond acceptors (Lipinski definition) is 5. The normalized spacial score (nSPS) is 16.6. The molecule has 1 saturated heterocycles. The minimum atomic E-state index is -1.30. The van der Waals surface area contributed by atoms with Crippen LogP contribution in [-0.4, -0.2) is 55.0 Å². The summed E-state index contributed by atoms with van der Waals surface area (Å²) >= 11 is 0. The van der Waals surface area contributed by atoms with E-state index < -0.39 is 23.0 Å². The van der Waals surface area contributed by atoms with Crippen LogP contribution in [0.2, 0.25) is 0 Å². The average Bonchev–Trinajstić information content (AvgIpc) is 3.15. The molecule has 8 heteroatoms. The number of ether oxygens (including phenoxy) is 2. The van der Waals surface area contributed by atoms with Gasteiger partial charge in [-0.2, -0.15) is 0 Å². The van der Waals surface area contributed by atoms with Crippen LogP contribution in [0, 0.1) is 5.41 Å². The standard InChI is InChI=1S/C27H32N2O6/c1-26(2,15-23(30)29-27(24(31)32)11-13-34-14-12-27)17-28-25(33)35-16-22-20-9-5-3-7-18(20)19-8-4-6-10-21(19)22/h3-10,22H,11-17H2,1-2H3,(H,28,33)(H,29,30)(H,31,32). The lowest BCUT2D eigenvalue weighted by molar-refractivity contribution is -0.152. The van der Waals surface area contributed by atoms with E-state index in [1.807, 2.05) is 38.1 Å². The zero-order valence-corrected chi connectivity index (χ0v) is 20.1. The Balaban J connectivity index is 1.29. The number of benzene rings is 2. The molecule has 4 rings (SSSR count). The summed E-state index contributed by atoms with van der Waals surface area (Å²) in [5.41, 5.74) is 2.70. The van der Waals surface area contributed by atoms with Gasteiger partial charge < -0.3 is 25.2 Å². The molecule has 1 fully saturated rings. The lowest BCUT2D eigenvalue weighted by Gasteiger charge is -2.35. The van der Waals surface area contributed by atoms with Crippen LogP contribution < -0.4 is 10.6 Å². The zero-order valence-electron chi connectivity index (χ0n) is 20.1. The second kappa shape index (κ2) is 10.1. The lowest BCUT2D eigenvalue weighted by atomic mass is 9.86. The minimum Gasteiger partial charge on any atom is -0.480 e. The van der Waals surface area contributed by atoms with Gasteiger partial charge in [0.2, 0.25) is 5.91 Å². The monoisotopic (exact) mass is 480 g/mol. The molecule has 1 heterocycles. The Hall–Kier alpha value is -3.39. The van der Waals surface area contributed by atoms with Gasteiger partial charge in [-0.1, -0.05) is 62.4 Å². The second-order valence-electron chi connectivity index (χ2n) is 10.1. The van der Waals surface area contributed by atoms with E-state index in [1.165, 1.54) is 0 Å². The van der Waals surface area contributed by atoms with Gasteiger partial charge in [0.25, 0.3) is 0 Å². The first-order valence-corrected chi connectivity index (χ1v) is 11.9. The molecule has 2 aromatic rings. The highest BCUT2D eigenvalue weighted by Crippen LogP contribution is 2.44. The van der Waals surface area contributed by atoms with Crippen LogP contribution in [0.15, 0.2) is 48.5 Å². The Bertz CT molecular complexity index is 1060. The van der Waals surface area contributed by atoms with Gasteiger partial charge in [0, 0.05) is 44.9 Å². The Kier molecular flexibility index (Phi) is 7.12. The van der Waals surface area contributed by atoms with Crippen molar-refractivity contribution in [1.82, 2.24) is 10.6 Å². The summed E-state index contributed by atoms with van der Waals surface area (Å²) in [5, 5.41) is 15.1. The van der Waals surface area contributed by atoms with Crippen molar-refractivity contribution in [2.24, 2.45) is 5.41 Å². The van der Waals surface area contributed by atoms with E-state index in [4.69, 9.17) is 9.47 Å². The molecule has 0 atom stereocenters. The number of aliphatic carboxylic acids is 1. The van der Waals surface area contributed by atoms with Gasteiger partial charge in [-0.05, 0) is 27.7 Å². The predicted molar refractivity (Wildman–Crippen MR) is 130 cm³/mol. The molecule has 2 amide bonds. The van der Waals surface area contributed by atoms with Gasteiger partial charge in [0.05, 0.1) is 0 Å². The van der Waals surface area contributed by atoms with E-state index in [9.17, 15) is 19.5 Å². The minimum absolute atomic E-state index is 0.0291. The van der Waals surface area contributed by atoms with Crippen molar-refractivity contribution in [2.75, 3.05) is 26.4 Å². The summed E-state index contributed by atoms with van der Waals surface area (Å²) in [6.45, 7) is 4.68. The van der Waals surface area contributed by atoms with Gasteiger partial charge in [0.15, 0.2) is 0 Å². The molecule has 2 aromatic carbocycles. The van der Waals surface area contributed by atoms with Crippen LogP contribution in [0.3, 0.4) is 0 Å². The molecule has 186 valence electrons. The fraction of sp³-hybridized carbons (Fsp3) is 0.444. The van der Waals surface area contributed by atoms with Crippen molar-refractivity contribution in [3.8, 4) is 11.1 Å². The van der Waals surface area contributed by atoms with Crippen LogP contribution in [-0.2, 0) is 19.1 Å². The molecule has 0 radical (unpaired) electrons. The van der Waals surface area contributed by atoms with Crippen LogP contribution in [0.5, 0.6) is 0 Å². The molecule has 35 heavy (non-hydrogen) atoms. The van der Waals surface area contributed by atoms with E-state index in [0.29, 0.717) is 13.2 Å². The molecule has 1 aliphatic heterocycles. The number of rotatable bonds is 8. The molecule has 8 nitrogen and oxygen atoms in total. The van der Waals surface area contributed by atoms with Crippen molar-refractivity contribution in [3.05, 3.63) is 59.7 Å². The highest BCUT2D eigenvalue weighted by atomic mass is 16.5. The molecule has 3 N–H and O–H groups in total. The molecule has 2 aliphatic rings. The van der Waals surface area contributed by atoms with Gasteiger partial charge in [0.1, 0.15) is 12.1 Å². The number of carboxylic acids is 1. The summed E-state index contributed by atoms with van der Waals surface area (Å²) in [6, 6.07) is 16.3. The highest BCUT2D eigenvalue weighted by Gasteiger charge is 2.42. The number of fused-ring (bicyclic) bond motifs is 3. The fourth-order valence-electron chi connectivity index (χ4n) is 4.88. The number of alkyl carbamates (subject to hydrolysis) is 1. The van der Waals surface area contributed by atoms with E-state index in [-0.39, 0.29) is 44.2 Å². The van der Waals surface area contributed by atoms with E-state index in [0.717, 1.165) is 22.3 Å². The summed E-state index contributed by atoms with van der Waals surface area (Å²) in [5.74, 6) is -1.45. The second-order valence-corrected chi connectivity index (χ2v) is 10.1. The van der Waals surface area contributed by atoms with Gasteiger partial charge in [-0.15, -0.1) is 0 Å². The largest absolute Gasteiger partial charge is 0.480 e. The average molecular weight is 481 g/mol. The maximum Gasteiger partial charge on any atom is 0.407 e. The highest BCUT2D eigenvalue weighted by molar-refractivity contribution is 5.87. The number of carbonyl (C=O) groups excluding carboxylic acids is 2. The summed E-state index contributed by atoms with van der Waals surface area (Å²) in [7, 11) is 0. The quantitative estimate of drug-likeness (QED) is 0.531. The molecule has 0 spiro atoms. The van der Waals surface area contributed by atoms with Crippen LogP contribution in [0.25, 0.3) is 11.1 Å². The number of nitrogens with one attached hydrogen (secondary N) is 2. The number of carboxylic acid groups (broad SMARTS) is 1. The third-order valence-corrected chi connectivity index (χ3v) is 6.83. The maximum atomic E-state index is 12.7. The zero-order chi connectivity index (χ0) is 25.1. The van der Waals surface area contributed by atoms with Crippen molar-refractivity contribution in [3.63, 3.8) is 0 Å². The van der Waals surface area contributed by atoms with Gasteiger partial charge >= 0.3 is 12.1 Å². The lowest BCUT2D eigenvalue weighted by Crippen LogP contribution is -2.58. The Morgan fingerprint density at radius 2 is 1.60 bits per heavy atom. The van der Waals surface area contributed by atoms with E-state index >= 15 is 0 Å². The topological polar surface area (TPSA) is 114 Å². The van der Waals surface area contributed by atoms with Crippen molar-refractivity contribution < 1.29 is 29.0 Å². The molecule has 0 saturated carbocycles. The molecular formula is C27H32N2O6. The first-order valence-electron chi connectivity index (χ1n) is 11.9. The van der Waals surface area contributed by atoms with Crippen LogP contribution in [0.4, 0.5) is 4.79 Å². The maximum absolute atomic E-state index is 12.7. The number of amides is 2. The van der Waals surface area contributed by atoms with Crippen LogP contribution in [0.1, 0.15) is 50.2 Å². The third kappa shape index (κ3) is 5.48. The Morgan fingerprint density at radius 1 is 1.03 bits per heavy atom. The SMILES string of the molecule is CC(C)(CNC(=O)OCC1c2ccccc2-c2ccccc21)CC(=O)NC1(C(=O)O)CCOCC1. The molecule has 0 bridgehead atoms. The fourth-order valence-corrected chi connectivity index (χ4v) is 4.88. The first kappa shape index (κ1) is 24.7. The van der Waals surface area contributed by atoms with Crippen molar-refractivity contribution >= 4 is 18.0 Å². The number of hydrogen-bond donors (Lipinski definition) is 3. The summed E-state index contributed by atoms with van der Waals surface area (Å²) in [4.78, 5) is 36.9. The Labute approximate surface area is 205 Å². The smallest absolute Gasteiger partial charge is 0.407 e. The summed E-state index contributed by atoms with van der Waals surface area (Å²) < 4.78 is 10.8. The van der Waals surface area contributed by atoms with E-state index in [2.05, 4.69) is 34.9 Å². The van der Waals surface area contributed by atoms with Crippen molar-refractivity contribution in [1.29, 1.82) is 0 Å². The van der Waals surface area contributed by atoms with Gasteiger partial charge in [-0.3, -0.25) is 4.79 Å². The third-order valence-electron chi connectivity index (χ3n) is 6.83. The predicted octanol–water partition coefficient (Wildman–Crippen LogP) is 3.69. The van der Waals surface area contributed by atoms with E-state index in [1.54, 1.807) is 0 Å². The molecule has 0 aromatic heterocycles. The number of carbonyl (C=O) groups is 3. The molecule has 0 unspecified atom stereocenters. The van der Waals surface area contributed by atoms with Gasteiger partial charge in [-0.25, -0.2) is 9.59 Å². The summed E-state index contributed by atoms with van der Waals surface area (Å²) in [6.07, 6.45) is -0.0299. The Morgan fingerprint density at radius 3 is 2.17 bits per heavy atom. The molecule has 1 aliphatic carbocycles. The van der Waals surface area contributed by atoms with Crippen molar-refractivity contribution in [2.45, 2.75) is 44.6 Å². The molecular weight excluding hydrogens is 448 g/mol. The van der Waals surface area contributed by atoms with Crippen LogP contribution >= 0.6 is 0 Å².